The Balaban J connectivity index is 2.64. The molecular formula is C8H10FOPS2. The van der Waals surface area contributed by atoms with Crippen LogP contribution in [-0.2, 0) is 16.3 Å². The first-order valence-corrected chi connectivity index (χ1v) is 7.86. The van der Waals surface area contributed by atoms with Crippen molar-refractivity contribution in [1.29, 1.82) is 0 Å². The van der Waals surface area contributed by atoms with Crippen LogP contribution >= 0.6 is 17.2 Å². The first-order valence-electron chi connectivity index (χ1n) is 3.83. The summed E-state index contributed by atoms with van der Waals surface area (Å²) < 4.78 is 18.3. The van der Waals surface area contributed by atoms with E-state index < -0.39 is 5.78 Å². The Hall–Kier alpha value is 0.110. The Morgan fingerprint density at radius 2 is 2.08 bits per heavy atom. The Labute approximate surface area is 86.6 Å². The predicted octanol–water partition coefficient (Wildman–Crippen LogP) is 4.01. The molecule has 0 aliphatic carbocycles. The molecule has 0 heterocycles. The molecule has 0 spiro atoms. The summed E-state index contributed by atoms with van der Waals surface area (Å²) in [6, 6.07) is 9.23. The third-order valence-electron chi connectivity index (χ3n) is 1.24. The van der Waals surface area contributed by atoms with Crippen molar-refractivity contribution in [1.82, 2.24) is 0 Å². The zero-order chi connectivity index (χ0) is 9.73. The summed E-state index contributed by atoms with van der Waals surface area (Å²) >= 11 is 5.72. The van der Waals surface area contributed by atoms with Gasteiger partial charge in [0.2, 0.25) is 0 Å². The van der Waals surface area contributed by atoms with Gasteiger partial charge in [0, 0.05) is 4.90 Å². The maximum atomic E-state index is 13.4. The summed E-state index contributed by atoms with van der Waals surface area (Å²) in [6.45, 7) is 2.07. The molecule has 0 N–H and O–H groups in total. The van der Waals surface area contributed by atoms with E-state index in [4.69, 9.17) is 16.3 Å². The van der Waals surface area contributed by atoms with Crippen LogP contribution in [0, 0.1) is 0 Å². The highest BCUT2D eigenvalue weighted by Gasteiger charge is 2.17. The van der Waals surface area contributed by atoms with Gasteiger partial charge in [0.15, 0.2) is 0 Å². The van der Waals surface area contributed by atoms with Crippen LogP contribution in [0.5, 0.6) is 0 Å². The van der Waals surface area contributed by atoms with Gasteiger partial charge >= 0.3 is 0 Å². The summed E-state index contributed by atoms with van der Waals surface area (Å²) in [5, 5.41) is 0. The molecule has 0 saturated heterocycles. The molecule has 1 aromatic carbocycles. The minimum absolute atomic E-state index is 0.327. The van der Waals surface area contributed by atoms with Crippen LogP contribution in [0.4, 0.5) is 4.20 Å². The molecule has 72 valence electrons. The molecule has 0 amide bonds. The molecule has 1 nitrogen and oxygen atoms in total. The monoisotopic (exact) mass is 236 g/mol. The minimum atomic E-state index is -3.16. The third kappa shape index (κ3) is 4.23. The van der Waals surface area contributed by atoms with Crippen LogP contribution < -0.4 is 0 Å². The summed E-state index contributed by atoms with van der Waals surface area (Å²) in [7, 11) is 0. The number of hydrogen-bond acceptors (Lipinski definition) is 3. The summed E-state index contributed by atoms with van der Waals surface area (Å²) in [5.41, 5.74) is 0. The van der Waals surface area contributed by atoms with E-state index in [2.05, 4.69) is 0 Å². The van der Waals surface area contributed by atoms with Crippen LogP contribution in [0.3, 0.4) is 0 Å². The summed E-state index contributed by atoms with van der Waals surface area (Å²) in [4.78, 5) is 0.821. The van der Waals surface area contributed by atoms with Crippen molar-refractivity contribution >= 4 is 29.0 Å². The van der Waals surface area contributed by atoms with Gasteiger partial charge in [-0.3, -0.25) is 0 Å². The van der Waals surface area contributed by atoms with E-state index in [0.29, 0.717) is 6.61 Å². The van der Waals surface area contributed by atoms with Gasteiger partial charge in [-0.1, -0.05) is 18.2 Å². The maximum Gasteiger partial charge on any atom is 0.292 e. The molecule has 13 heavy (non-hydrogen) atoms. The minimum Gasteiger partial charge on any atom is -0.319 e. The van der Waals surface area contributed by atoms with Crippen molar-refractivity contribution in [3.05, 3.63) is 30.3 Å². The fourth-order valence-electron chi connectivity index (χ4n) is 0.788. The first-order chi connectivity index (χ1) is 6.14. The van der Waals surface area contributed by atoms with Crippen LogP contribution in [0.2, 0.25) is 0 Å². The number of benzene rings is 1. The normalized spacial score (nSPS) is 15.2. The van der Waals surface area contributed by atoms with Gasteiger partial charge in [0.25, 0.3) is 5.78 Å². The van der Waals surface area contributed by atoms with Gasteiger partial charge in [-0.05, 0) is 42.2 Å². The quantitative estimate of drug-likeness (QED) is 0.731. The molecule has 1 atom stereocenters. The van der Waals surface area contributed by atoms with Gasteiger partial charge in [-0.25, -0.2) is 0 Å². The zero-order valence-corrected chi connectivity index (χ0v) is 9.67. The van der Waals surface area contributed by atoms with Crippen molar-refractivity contribution < 1.29 is 8.72 Å². The maximum absolute atomic E-state index is 13.4. The zero-order valence-electron chi connectivity index (χ0n) is 7.14. The van der Waals surface area contributed by atoms with Crippen molar-refractivity contribution in [2.24, 2.45) is 0 Å². The molecule has 0 radical (unpaired) electrons. The lowest BCUT2D eigenvalue weighted by atomic mass is 10.4. The molecule has 5 heteroatoms. The van der Waals surface area contributed by atoms with Gasteiger partial charge in [-0.15, -0.1) is 0 Å². The Kier molecular flexibility index (Phi) is 4.39. The van der Waals surface area contributed by atoms with Gasteiger partial charge in [-0.2, -0.15) is 4.20 Å². The fourth-order valence-corrected chi connectivity index (χ4v) is 4.37. The van der Waals surface area contributed by atoms with Gasteiger partial charge in [0.05, 0.1) is 6.61 Å². The highest BCUT2D eigenvalue weighted by Crippen LogP contribution is 2.64. The number of hydrogen-bond donors (Lipinski definition) is 0. The van der Waals surface area contributed by atoms with Crippen LogP contribution in [-0.4, -0.2) is 6.61 Å². The van der Waals surface area contributed by atoms with Crippen LogP contribution in [0.1, 0.15) is 6.92 Å². The Bertz CT molecular complexity index is 304. The highest BCUT2D eigenvalue weighted by atomic mass is 32.9. The lowest BCUT2D eigenvalue weighted by Gasteiger charge is -2.10. The topological polar surface area (TPSA) is 9.23 Å². The standard InChI is InChI=1S/C8H10FOPS2/c1-2-10-11(9,12)13-8-6-4-3-5-7-8/h3-7H,2H2,1H3. The first kappa shape index (κ1) is 11.2. The van der Waals surface area contributed by atoms with Crippen LogP contribution in [0.25, 0.3) is 0 Å². The SMILES string of the molecule is CCOP(F)(=S)Sc1ccccc1. The molecule has 0 aromatic heterocycles. The van der Waals surface area contributed by atoms with Crippen molar-refractivity contribution in [3.8, 4) is 0 Å². The number of rotatable bonds is 4. The second-order valence-corrected chi connectivity index (χ2v) is 8.09. The largest absolute Gasteiger partial charge is 0.319 e. The van der Waals surface area contributed by atoms with Gasteiger partial charge < -0.3 is 4.52 Å². The lowest BCUT2D eigenvalue weighted by Crippen LogP contribution is -1.79. The summed E-state index contributed by atoms with van der Waals surface area (Å²) in [5.74, 6) is -3.16. The van der Waals surface area contributed by atoms with E-state index >= 15 is 0 Å². The Morgan fingerprint density at radius 1 is 1.46 bits per heavy atom. The second-order valence-electron chi connectivity index (χ2n) is 2.25. The lowest BCUT2D eigenvalue weighted by molar-refractivity contribution is 0.365. The molecule has 0 aliphatic rings. The molecule has 0 bridgehead atoms. The molecule has 1 rings (SSSR count). The van der Waals surface area contributed by atoms with Gasteiger partial charge in [0.1, 0.15) is 0 Å². The molecule has 0 fully saturated rings. The van der Waals surface area contributed by atoms with E-state index in [1.807, 2.05) is 30.3 Å². The van der Waals surface area contributed by atoms with Crippen molar-refractivity contribution in [3.63, 3.8) is 0 Å². The molecule has 1 aromatic rings. The predicted molar refractivity (Wildman–Crippen MR) is 59.3 cm³/mol. The third-order valence-corrected chi connectivity index (χ3v) is 5.10. The van der Waals surface area contributed by atoms with Crippen molar-refractivity contribution in [2.45, 2.75) is 11.8 Å². The molecule has 0 aliphatic heterocycles. The molecule has 0 saturated carbocycles. The summed E-state index contributed by atoms with van der Waals surface area (Å²) in [6.07, 6.45) is 0. The highest BCUT2D eigenvalue weighted by molar-refractivity contribution is 8.67. The van der Waals surface area contributed by atoms with E-state index in [1.165, 1.54) is 0 Å². The van der Waals surface area contributed by atoms with E-state index in [0.717, 1.165) is 16.3 Å². The van der Waals surface area contributed by atoms with Crippen molar-refractivity contribution in [2.75, 3.05) is 6.61 Å². The molecular weight excluding hydrogens is 226 g/mol. The smallest absolute Gasteiger partial charge is 0.292 e. The fraction of sp³-hybridized carbons (Fsp3) is 0.250. The average Bonchev–Trinajstić information content (AvgIpc) is 2.04. The average molecular weight is 236 g/mol. The van der Waals surface area contributed by atoms with E-state index in [9.17, 15) is 4.20 Å². The van der Waals surface area contributed by atoms with E-state index in [1.54, 1.807) is 6.92 Å². The van der Waals surface area contributed by atoms with E-state index in [-0.39, 0.29) is 0 Å². The molecule has 1 unspecified atom stereocenters. The van der Waals surface area contributed by atoms with Crippen LogP contribution in [0.15, 0.2) is 35.2 Å². The Morgan fingerprint density at radius 3 is 2.62 bits per heavy atom. The second kappa shape index (κ2) is 5.11. The number of halogens is 1.